The molecular formula is C24H27NO3S. The fourth-order valence-corrected chi connectivity index (χ4v) is 4.94. The minimum Gasteiger partial charge on any atom is -0.494 e. The van der Waals surface area contributed by atoms with E-state index in [9.17, 15) is 4.79 Å². The van der Waals surface area contributed by atoms with Crippen LogP contribution in [0, 0.1) is 0 Å². The summed E-state index contributed by atoms with van der Waals surface area (Å²) >= 11 is 1.77. The van der Waals surface area contributed by atoms with Crippen molar-refractivity contribution in [3.63, 3.8) is 0 Å². The molecule has 4 rings (SSSR count). The molecule has 4 nitrogen and oxygen atoms in total. The molecule has 5 heteroatoms. The Morgan fingerprint density at radius 2 is 1.97 bits per heavy atom. The van der Waals surface area contributed by atoms with Gasteiger partial charge in [0.25, 0.3) is 0 Å². The highest BCUT2D eigenvalue weighted by Gasteiger charge is 2.25. The van der Waals surface area contributed by atoms with Crippen LogP contribution in [0.4, 0.5) is 0 Å². The van der Waals surface area contributed by atoms with E-state index < -0.39 is 0 Å². The first kappa shape index (κ1) is 19.9. The summed E-state index contributed by atoms with van der Waals surface area (Å²) in [5, 5.41) is 3.05. The van der Waals surface area contributed by atoms with E-state index >= 15 is 0 Å². The van der Waals surface area contributed by atoms with E-state index in [-0.39, 0.29) is 17.4 Å². The lowest BCUT2D eigenvalue weighted by Crippen LogP contribution is -2.24. The van der Waals surface area contributed by atoms with Crippen LogP contribution in [0.2, 0.25) is 0 Å². The molecule has 0 fully saturated rings. The monoisotopic (exact) mass is 409 g/mol. The zero-order valence-corrected chi connectivity index (χ0v) is 17.8. The molecule has 2 aromatic carbocycles. The average Bonchev–Trinajstić information content (AvgIpc) is 3.34. The van der Waals surface area contributed by atoms with Crippen LogP contribution in [-0.4, -0.2) is 18.0 Å². The third-order valence-corrected chi connectivity index (χ3v) is 6.41. The van der Waals surface area contributed by atoms with E-state index in [0.29, 0.717) is 0 Å². The van der Waals surface area contributed by atoms with E-state index in [0.717, 1.165) is 43.8 Å². The lowest BCUT2D eigenvalue weighted by molar-refractivity contribution is -0.119. The summed E-state index contributed by atoms with van der Waals surface area (Å²) in [7, 11) is 0. The predicted molar refractivity (Wildman–Crippen MR) is 118 cm³/mol. The molecule has 0 aromatic heterocycles. The smallest absolute Gasteiger partial charge is 0.217 e. The topological polar surface area (TPSA) is 47.6 Å². The Morgan fingerprint density at radius 3 is 2.72 bits per heavy atom. The molecule has 1 aliphatic carbocycles. The van der Waals surface area contributed by atoms with Crippen LogP contribution < -0.4 is 14.8 Å². The van der Waals surface area contributed by atoms with Gasteiger partial charge in [-0.1, -0.05) is 43.0 Å². The Hall–Kier alpha value is -2.40. The van der Waals surface area contributed by atoms with E-state index in [1.54, 1.807) is 18.7 Å². The molecule has 1 heterocycles. The number of nitrogens with one attached hydrogen (secondary N) is 1. The minimum absolute atomic E-state index is 0.0333. The van der Waals surface area contributed by atoms with Gasteiger partial charge in [0.2, 0.25) is 5.91 Å². The number of benzene rings is 2. The maximum absolute atomic E-state index is 11.4. The Balaban J connectivity index is 1.36. The van der Waals surface area contributed by atoms with E-state index in [1.165, 1.54) is 21.6 Å². The number of carbonyl (C=O) groups excluding carboxylic acids is 1. The molecule has 1 aliphatic heterocycles. The van der Waals surface area contributed by atoms with E-state index in [2.05, 4.69) is 36.5 Å². The first-order valence-electron chi connectivity index (χ1n) is 10.3. The van der Waals surface area contributed by atoms with Crippen molar-refractivity contribution in [1.82, 2.24) is 5.32 Å². The van der Waals surface area contributed by atoms with Crippen molar-refractivity contribution >= 4 is 22.6 Å². The number of hydrogen-bond acceptors (Lipinski definition) is 4. The second-order valence-corrected chi connectivity index (χ2v) is 8.70. The van der Waals surface area contributed by atoms with Crippen molar-refractivity contribution in [3.8, 4) is 11.5 Å². The fourth-order valence-electron chi connectivity index (χ4n) is 3.85. The third-order valence-electron chi connectivity index (χ3n) is 5.20. The second-order valence-electron chi connectivity index (χ2n) is 7.49. The molecule has 29 heavy (non-hydrogen) atoms. The van der Waals surface area contributed by atoms with Crippen LogP contribution in [0.15, 0.2) is 48.5 Å². The van der Waals surface area contributed by atoms with Crippen LogP contribution in [0.5, 0.6) is 11.5 Å². The van der Waals surface area contributed by atoms with Crippen molar-refractivity contribution in [3.05, 3.63) is 65.2 Å². The number of amides is 1. The van der Waals surface area contributed by atoms with Gasteiger partial charge >= 0.3 is 0 Å². The molecule has 2 aromatic rings. The summed E-state index contributed by atoms with van der Waals surface area (Å²) < 4.78 is 11.8. The van der Waals surface area contributed by atoms with Gasteiger partial charge < -0.3 is 14.8 Å². The number of thioether (sulfide) groups is 1. The number of aryl methyl sites for hydroxylation is 1. The molecule has 2 unspecified atom stereocenters. The average molecular weight is 410 g/mol. The van der Waals surface area contributed by atoms with Crippen LogP contribution in [-0.2, 0) is 11.2 Å². The number of fused-ring (bicyclic) bond motifs is 1. The maximum Gasteiger partial charge on any atom is 0.217 e. The molecule has 152 valence electrons. The van der Waals surface area contributed by atoms with Gasteiger partial charge in [0.15, 0.2) is 5.44 Å². The summed E-state index contributed by atoms with van der Waals surface area (Å²) in [6, 6.07) is 14.6. The molecule has 0 saturated carbocycles. The zero-order chi connectivity index (χ0) is 20.2. The summed E-state index contributed by atoms with van der Waals surface area (Å²) in [5.41, 5.74) is 3.93. The molecule has 0 saturated heterocycles. The molecule has 2 atom stereocenters. The first-order chi connectivity index (χ1) is 14.1. The summed E-state index contributed by atoms with van der Waals surface area (Å²) in [4.78, 5) is 12.7. The Bertz CT molecular complexity index is 907. The lowest BCUT2D eigenvalue weighted by Gasteiger charge is -2.15. The Morgan fingerprint density at radius 1 is 1.17 bits per heavy atom. The van der Waals surface area contributed by atoms with Crippen molar-refractivity contribution in [2.45, 2.75) is 51.0 Å². The van der Waals surface area contributed by atoms with E-state index in [4.69, 9.17) is 9.47 Å². The summed E-state index contributed by atoms with van der Waals surface area (Å²) in [6.07, 6.45) is 6.14. The highest BCUT2D eigenvalue weighted by Crippen LogP contribution is 2.42. The van der Waals surface area contributed by atoms with Gasteiger partial charge in [-0.05, 0) is 60.2 Å². The highest BCUT2D eigenvalue weighted by atomic mass is 32.2. The molecule has 0 radical (unpaired) electrons. The molecule has 1 N–H and O–H groups in total. The largest absolute Gasteiger partial charge is 0.494 e. The summed E-state index contributed by atoms with van der Waals surface area (Å²) in [5.74, 6) is 1.78. The molecule has 0 bridgehead atoms. The number of rotatable bonds is 7. The maximum atomic E-state index is 11.4. The van der Waals surface area contributed by atoms with Crippen molar-refractivity contribution < 1.29 is 14.3 Å². The number of hydrogen-bond donors (Lipinski definition) is 1. The van der Waals surface area contributed by atoms with Gasteiger partial charge in [0, 0.05) is 18.2 Å². The van der Waals surface area contributed by atoms with Crippen molar-refractivity contribution in [2.24, 2.45) is 0 Å². The van der Waals surface area contributed by atoms with Crippen LogP contribution in [0.25, 0.3) is 4.91 Å². The van der Waals surface area contributed by atoms with E-state index in [1.807, 2.05) is 24.3 Å². The van der Waals surface area contributed by atoms with Gasteiger partial charge in [-0.3, -0.25) is 4.79 Å². The SMILES string of the molecule is CCCOc1ccc(OC2CC=C(c3ccc4c(c3)CCC4NC(C)=O)S2)cc1. The van der Waals surface area contributed by atoms with Crippen LogP contribution in [0.3, 0.4) is 0 Å². The molecule has 1 amide bonds. The third kappa shape index (κ3) is 4.78. The molecular weight excluding hydrogens is 382 g/mol. The molecule has 0 spiro atoms. The lowest BCUT2D eigenvalue weighted by atomic mass is 10.0. The second kappa shape index (κ2) is 8.95. The van der Waals surface area contributed by atoms with Gasteiger partial charge in [0.1, 0.15) is 11.5 Å². The first-order valence-corrected chi connectivity index (χ1v) is 11.2. The van der Waals surface area contributed by atoms with Gasteiger partial charge in [-0.2, -0.15) is 0 Å². The zero-order valence-electron chi connectivity index (χ0n) is 16.9. The highest BCUT2D eigenvalue weighted by molar-refractivity contribution is 8.09. The number of carbonyl (C=O) groups is 1. The van der Waals surface area contributed by atoms with Gasteiger partial charge in [-0.25, -0.2) is 0 Å². The standard InChI is InChI=1S/C24H27NO3S/c1-3-14-27-19-6-8-20(9-7-19)28-24-13-12-23(29-24)18-4-10-21-17(15-18)5-11-22(21)25-16(2)26/h4,6-10,12,15,22,24H,3,5,11,13-14H2,1-2H3,(H,25,26). The van der Waals surface area contributed by atoms with Crippen LogP contribution in [0.1, 0.15) is 55.8 Å². The normalized spacial score (nSPS) is 20.1. The Labute approximate surface area is 176 Å². The number of ether oxygens (including phenoxy) is 2. The van der Waals surface area contributed by atoms with Gasteiger partial charge in [-0.15, -0.1) is 0 Å². The van der Waals surface area contributed by atoms with Crippen molar-refractivity contribution in [2.75, 3.05) is 6.61 Å². The molecule has 2 aliphatic rings. The van der Waals surface area contributed by atoms with Crippen LogP contribution >= 0.6 is 11.8 Å². The quantitative estimate of drug-likeness (QED) is 0.658. The van der Waals surface area contributed by atoms with Crippen molar-refractivity contribution in [1.29, 1.82) is 0 Å². The fraction of sp³-hybridized carbons (Fsp3) is 0.375. The predicted octanol–water partition coefficient (Wildman–Crippen LogP) is 5.48. The summed E-state index contributed by atoms with van der Waals surface area (Å²) in [6.45, 7) is 4.41. The minimum atomic E-state index is 0.0333. The van der Waals surface area contributed by atoms with Gasteiger partial charge in [0.05, 0.1) is 12.6 Å². The Kier molecular flexibility index (Phi) is 6.14.